The molecule has 0 N–H and O–H groups in total. The van der Waals surface area contributed by atoms with Gasteiger partial charge in [-0.05, 0) is 30.7 Å². The fraction of sp³-hybridized carbons (Fsp3) is 0.615. The summed E-state index contributed by atoms with van der Waals surface area (Å²) in [5.41, 5.74) is 0.609. The lowest BCUT2D eigenvalue weighted by Crippen LogP contribution is -2.57. The zero-order valence-corrected chi connectivity index (χ0v) is 24.1. The third-order valence-corrected chi connectivity index (χ3v) is 5.43. The first-order valence-corrected chi connectivity index (χ1v) is 13.4. The van der Waals surface area contributed by atoms with Gasteiger partial charge in [0.15, 0.2) is 11.6 Å². The third kappa shape index (κ3) is 13.1. The number of alkyl halides is 13. The van der Waals surface area contributed by atoms with Crippen molar-refractivity contribution in [2.75, 3.05) is 26.4 Å². The molecule has 0 atom stereocenters. The van der Waals surface area contributed by atoms with Crippen molar-refractivity contribution in [1.82, 2.24) is 9.97 Å². The Hall–Kier alpha value is -3.17. The molecule has 8 nitrogen and oxygen atoms in total. The first-order chi connectivity index (χ1) is 21.6. The Balaban J connectivity index is 1.77. The molecule has 1 aromatic heterocycles. The van der Waals surface area contributed by atoms with E-state index in [-0.39, 0.29) is 13.0 Å². The van der Waals surface area contributed by atoms with Crippen LogP contribution in [-0.2, 0) is 18.9 Å². The molecular formula is C26H27F13N2O6. The summed E-state index contributed by atoms with van der Waals surface area (Å²) in [5.74, 6) is 1.17. The van der Waals surface area contributed by atoms with Crippen molar-refractivity contribution < 1.29 is 85.5 Å². The fourth-order valence-electron chi connectivity index (χ4n) is 3.26. The Labute approximate surface area is 258 Å². The Morgan fingerprint density at radius 3 is 1.62 bits per heavy atom. The molecule has 0 aliphatic heterocycles. The number of aromatic nitrogens is 2. The van der Waals surface area contributed by atoms with Crippen molar-refractivity contribution >= 4 is 0 Å². The van der Waals surface area contributed by atoms with Gasteiger partial charge < -0.3 is 14.2 Å². The van der Waals surface area contributed by atoms with E-state index in [2.05, 4.69) is 26.4 Å². The normalized spacial score (nSPS) is 13.6. The molecule has 0 aliphatic rings. The SMILES string of the molecule is CCCCCCOc1cnc(-c2ccc(OCCCOCC(F)(F)OC(F)(F)C(F)(F)OC(F)(F)C(F)(F)OC(F)(F)F)cc2)nc1. The van der Waals surface area contributed by atoms with Crippen LogP contribution < -0.4 is 9.47 Å². The standard InChI is InChI=1S/C26H27F13N2O6/c1-2-3-4-5-12-44-19-14-40-20(41-15-19)17-7-9-18(10-8-17)43-13-6-11-42-16-21(27,28)45-22(29,30)23(31,32)46-24(33,34)25(35,36)47-26(37,38)39/h7-10,14-15H,2-6,11-13,16H2,1H3. The summed E-state index contributed by atoms with van der Waals surface area (Å²) in [4.78, 5) is 8.43. The van der Waals surface area contributed by atoms with Crippen LogP contribution in [0.5, 0.6) is 11.5 Å². The summed E-state index contributed by atoms with van der Waals surface area (Å²) in [7, 11) is 0. The van der Waals surface area contributed by atoms with Gasteiger partial charge in [0.05, 0.1) is 32.2 Å². The Bertz CT molecular complexity index is 1220. The van der Waals surface area contributed by atoms with E-state index in [0.717, 1.165) is 25.7 Å². The minimum atomic E-state index is -7.10. The van der Waals surface area contributed by atoms with Crippen LogP contribution in [-0.4, -0.2) is 73.3 Å². The zero-order chi connectivity index (χ0) is 35.6. The molecule has 0 amide bonds. The molecule has 0 radical (unpaired) electrons. The van der Waals surface area contributed by atoms with E-state index in [4.69, 9.17) is 9.47 Å². The highest BCUT2D eigenvalue weighted by Gasteiger charge is 2.74. The summed E-state index contributed by atoms with van der Waals surface area (Å²) >= 11 is 0. The first-order valence-electron chi connectivity index (χ1n) is 13.4. The van der Waals surface area contributed by atoms with Gasteiger partial charge in [0.1, 0.15) is 12.4 Å². The summed E-state index contributed by atoms with van der Waals surface area (Å²) in [5, 5.41) is 0. The maximum atomic E-state index is 13.6. The van der Waals surface area contributed by atoms with Crippen LogP contribution in [0.25, 0.3) is 11.4 Å². The highest BCUT2D eigenvalue weighted by molar-refractivity contribution is 5.56. The van der Waals surface area contributed by atoms with Crippen molar-refractivity contribution in [3.8, 4) is 22.9 Å². The second kappa shape index (κ2) is 16.3. The van der Waals surface area contributed by atoms with Gasteiger partial charge in [0, 0.05) is 12.0 Å². The molecule has 0 saturated carbocycles. The highest BCUT2D eigenvalue weighted by Crippen LogP contribution is 2.48. The highest BCUT2D eigenvalue weighted by atomic mass is 19.4. The van der Waals surface area contributed by atoms with Crippen LogP contribution in [0.4, 0.5) is 57.1 Å². The van der Waals surface area contributed by atoms with E-state index in [1.807, 2.05) is 0 Å². The van der Waals surface area contributed by atoms with Gasteiger partial charge in [-0.25, -0.2) is 24.2 Å². The van der Waals surface area contributed by atoms with E-state index < -0.39 is 50.1 Å². The van der Waals surface area contributed by atoms with Crippen LogP contribution in [0.3, 0.4) is 0 Å². The number of hydrogen-bond donors (Lipinski definition) is 0. The Morgan fingerprint density at radius 1 is 0.553 bits per heavy atom. The summed E-state index contributed by atoms with van der Waals surface area (Å²) in [6, 6.07) is 6.23. The van der Waals surface area contributed by atoms with Crippen LogP contribution in [0.2, 0.25) is 0 Å². The largest absolute Gasteiger partial charge is 0.527 e. The molecule has 2 aromatic rings. The summed E-state index contributed by atoms with van der Waals surface area (Å²) in [6.45, 7) is -0.420. The van der Waals surface area contributed by atoms with E-state index in [1.165, 1.54) is 24.5 Å². The van der Waals surface area contributed by atoms with E-state index in [1.54, 1.807) is 21.6 Å². The quantitative estimate of drug-likeness (QED) is 0.0944. The van der Waals surface area contributed by atoms with Crippen molar-refractivity contribution in [2.24, 2.45) is 0 Å². The molecule has 1 heterocycles. The second-order valence-corrected chi connectivity index (χ2v) is 9.39. The van der Waals surface area contributed by atoms with Crippen molar-refractivity contribution in [3.63, 3.8) is 0 Å². The molecule has 0 fully saturated rings. The van der Waals surface area contributed by atoms with Gasteiger partial charge >= 0.3 is 36.9 Å². The van der Waals surface area contributed by atoms with Gasteiger partial charge in [-0.2, -0.15) is 43.9 Å². The fourth-order valence-corrected chi connectivity index (χ4v) is 3.26. The van der Waals surface area contributed by atoms with Crippen molar-refractivity contribution in [1.29, 1.82) is 0 Å². The number of nitrogens with zero attached hydrogens (tertiary/aromatic N) is 2. The van der Waals surface area contributed by atoms with Gasteiger partial charge in [0.25, 0.3) is 0 Å². The number of rotatable bonds is 21. The zero-order valence-electron chi connectivity index (χ0n) is 24.1. The van der Waals surface area contributed by atoms with Crippen LogP contribution in [0, 0.1) is 0 Å². The third-order valence-electron chi connectivity index (χ3n) is 5.43. The molecule has 1 aromatic carbocycles. The second-order valence-electron chi connectivity index (χ2n) is 9.39. The molecular weight excluding hydrogens is 683 g/mol. The minimum Gasteiger partial charge on any atom is -0.494 e. The van der Waals surface area contributed by atoms with Crippen LogP contribution in [0.15, 0.2) is 36.7 Å². The van der Waals surface area contributed by atoms with E-state index in [9.17, 15) is 57.1 Å². The van der Waals surface area contributed by atoms with Gasteiger partial charge in [-0.3, -0.25) is 0 Å². The number of benzene rings is 1. The number of halogens is 13. The molecule has 2 rings (SSSR count). The van der Waals surface area contributed by atoms with E-state index >= 15 is 0 Å². The average Bonchev–Trinajstić information content (AvgIpc) is 2.93. The maximum absolute atomic E-state index is 13.6. The van der Waals surface area contributed by atoms with E-state index in [0.29, 0.717) is 29.5 Å². The first kappa shape index (κ1) is 40.0. The summed E-state index contributed by atoms with van der Waals surface area (Å²) < 4.78 is 189. The van der Waals surface area contributed by atoms with Crippen molar-refractivity contribution in [3.05, 3.63) is 36.7 Å². The predicted octanol–water partition coefficient (Wildman–Crippen LogP) is 8.42. The topological polar surface area (TPSA) is 81.2 Å². The molecule has 0 bridgehead atoms. The van der Waals surface area contributed by atoms with Gasteiger partial charge in [-0.15, -0.1) is 13.2 Å². The lowest BCUT2D eigenvalue weighted by Gasteiger charge is -2.33. The lowest BCUT2D eigenvalue weighted by atomic mass is 10.2. The van der Waals surface area contributed by atoms with Crippen molar-refractivity contribution in [2.45, 2.75) is 75.9 Å². The Kier molecular flexibility index (Phi) is 13.9. The molecule has 47 heavy (non-hydrogen) atoms. The van der Waals surface area contributed by atoms with Crippen LogP contribution in [0.1, 0.15) is 39.0 Å². The number of unbranched alkanes of at least 4 members (excludes halogenated alkanes) is 3. The number of hydrogen-bond acceptors (Lipinski definition) is 8. The molecule has 268 valence electrons. The average molecular weight is 710 g/mol. The minimum absolute atomic E-state index is 0.184. The predicted molar refractivity (Wildman–Crippen MR) is 132 cm³/mol. The molecule has 21 heteroatoms. The smallest absolute Gasteiger partial charge is 0.494 e. The molecule has 0 unspecified atom stereocenters. The molecule has 0 aliphatic carbocycles. The molecule has 0 spiro atoms. The van der Waals surface area contributed by atoms with Gasteiger partial charge in [-0.1, -0.05) is 26.2 Å². The summed E-state index contributed by atoms with van der Waals surface area (Å²) in [6.07, 6.45) is -32.8. The van der Waals surface area contributed by atoms with Crippen LogP contribution >= 0.6 is 0 Å². The monoisotopic (exact) mass is 710 g/mol. The molecule has 0 saturated heterocycles. The Morgan fingerprint density at radius 2 is 1.06 bits per heavy atom. The lowest BCUT2D eigenvalue weighted by molar-refractivity contribution is -0.564. The van der Waals surface area contributed by atoms with Gasteiger partial charge in [0.2, 0.25) is 0 Å². The number of ether oxygens (including phenoxy) is 6. The maximum Gasteiger partial charge on any atom is 0.527 e.